The fourth-order valence-electron chi connectivity index (χ4n) is 2.39. The molecular weight excluding hydrogens is 294 g/mol. The minimum absolute atomic E-state index is 0.114. The molecule has 1 aromatic carbocycles. The van der Waals surface area contributed by atoms with Gasteiger partial charge in [-0.1, -0.05) is 55.9 Å². The lowest BCUT2D eigenvalue weighted by Crippen LogP contribution is -2.45. The number of thioether (sulfide) groups is 1. The zero-order valence-electron chi connectivity index (χ0n) is 14.0. The highest BCUT2D eigenvalue weighted by Gasteiger charge is 2.21. The number of carbonyl (C=O) groups excluding carboxylic acids is 2. The largest absolute Gasteiger partial charge is 0.304 e. The number of nitrogens with one attached hydrogen (secondary N) is 1. The Bertz CT molecular complexity index is 473. The van der Waals surface area contributed by atoms with Crippen molar-refractivity contribution in [2.45, 2.75) is 52.6 Å². The minimum atomic E-state index is -0.138. The molecule has 4 heteroatoms. The summed E-state index contributed by atoms with van der Waals surface area (Å²) in [6.07, 6.45) is 1.65. The number of ketones is 1. The molecule has 122 valence electrons. The summed E-state index contributed by atoms with van der Waals surface area (Å²) < 4.78 is 0. The summed E-state index contributed by atoms with van der Waals surface area (Å²) >= 11 is 1.32. The Morgan fingerprint density at radius 3 is 2.27 bits per heavy atom. The maximum absolute atomic E-state index is 11.9. The van der Waals surface area contributed by atoms with Crippen LogP contribution in [0.3, 0.4) is 0 Å². The van der Waals surface area contributed by atoms with Gasteiger partial charge in [0.1, 0.15) is 5.78 Å². The summed E-state index contributed by atoms with van der Waals surface area (Å²) in [5.74, 6) is 1.31. The Morgan fingerprint density at radius 1 is 1.14 bits per heavy atom. The van der Waals surface area contributed by atoms with Crippen LogP contribution in [-0.4, -0.2) is 28.7 Å². The van der Waals surface area contributed by atoms with Crippen LogP contribution >= 0.6 is 11.8 Å². The molecule has 0 amide bonds. The van der Waals surface area contributed by atoms with Crippen molar-refractivity contribution in [3.8, 4) is 0 Å². The first kappa shape index (κ1) is 18.9. The lowest BCUT2D eigenvalue weighted by molar-refractivity contribution is -0.119. The lowest BCUT2D eigenvalue weighted by atomic mass is 9.99. The van der Waals surface area contributed by atoms with E-state index in [1.165, 1.54) is 17.3 Å². The summed E-state index contributed by atoms with van der Waals surface area (Å²) in [6, 6.07) is 10.2. The molecule has 0 aliphatic rings. The van der Waals surface area contributed by atoms with Gasteiger partial charge in [-0.15, -0.1) is 0 Å². The van der Waals surface area contributed by atoms with E-state index in [4.69, 9.17) is 0 Å². The van der Waals surface area contributed by atoms with E-state index in [0.29, 0.717) is 11.7 Å². The van der Waals surface area contributed by atoms with Gasteiger partial charge in [-0.25, -0.2) is 0 Å². The molecule has 22 heavy (non-hydrogen) atoms. The second-order valence-electron chi connectivity index (χ2n) is 6.15. The van der Waals surface area contributed by atoms with Crippen LogP contribution in [0.2, 0.25) is 0 Å². The highest BCUT2D eigenvalue weighted by Crippen LogP contribution is 2.13. The van der Waals surface area contributed by atoms with Gasteiger partial charge in [-0.2, -0.15) is 0 Å². The lowest BCUT2D eigenvalue weighted by Gasteiger charge is -2.25. The second kappa shape index (κ2) is 9.80. The molecule has 0 fully saturated rings. The van der Waals surface area contributed by atoms with Crippen LogP contribution in [0.25, 0.3) is 0 Å². The first-order chi connectivity index (χ1) is 10.4. The summed E-state index contributed by atoms with van der Waals surface area (Å²) in [5.41, 5.74) is 1.22. The fourth-order valence-corrected chi connectivity index (χ4v) is 3.04. The van der Waals surface area contributed by atoms with E-state index >= 15 is 0 Å². The highest BCUT2D eigenvalue weighted by molar-refractivity contribution is 8.13. The maximum Gasteiger partial charge on any atom is 0.185 e. The molecule has 1 aromatic rings. The van der Waals surface area contributed by atoms with E-state index in [-0.39, 0.29) is 23.0 Å². The number of Topliss-reactive ketones (excluding diaryl/α,β-unsaturated/α-hetero) is 1. The molecule has 0 radical (unpaired) electrons. The summed E-state index contributed by atoms with van der Waals surface area (Å²) in [6.45, 7) is 7.46. The second-order valence-corrected chi connectivity index (χ2v) is 7.35. The standard InChI is InChI=1S/C18H27NO2S/c1-13(2)10-18(14(3)20)19-17(12-22-15(4)21)11-16-8-6-5-7-9-16/h5-9,13,17-19H,10-12H2,1-4H3/t17-,18+/m1/s1. The molecule has 0 saturated carbocycles. The Kier molecular flexibility index (Phi) is 8.43. The molecule has 3 nitrogen and oxygen atoms in total. The third kappa shape index (κ3) is 7.76. The van der Waals surface area contributed by atoms with Crippen LogP contribution in [0.4, 0.5) is 0 Å². The van der Waals surface area contributed by atoms with Crippen molar-refractivity contribution in [1.82, 2.24) is 5.32 Å². The van der Waals surface area contributed by atoms with Gasteiger partial charge in [0.15, 0.2) is 5.12 Å². The molecule has 0 aliphatic heterocycles. The third-order valence-electron chi connectivity index (χ3n) is 3.45. The predicted molar refractivity (Wildman–Crippen MR) is 94.1 cm³/mol. The minimum Gasteiger partial charge on any atom is -0.304 e. The first-order valence-electron chi connectivity index (χ1n) is 7.82. The van der Waals surface area contributed by atoms with Crippen molar-refractivity contribution < 1.29 is 9.59 Å². The van der Waals surface area contributed by atoms with E-state index in [1.807, 2.05) is 18.2 Å². The third-order valence-corrected chi connectivity index (χ3v) is 4.42. The number of hydrogen-bond donors (Lipinski definition) is 1. The zero-order chi connectivity index (χ0) is 16.5. The van der Waals surface area contributed by atoms with Crippen LogP contribution in [0.1, 0.15) is 39.7 Å². The molecule has 0 spiro atoms. The number of hydrogen-bond acceptors (Lipinski definition) is 4. The summed E-state index contributed by atoms with van der Waals surface area (Å²) in [5, 5.41) is 3.58. The molecule has 0 saturated heterocycles. The monoisotopic (exact) mass is 321 g/mol. The van der Waals surface area contributed by atoms with Crippen molar-refractivity contribution in [3.63, 3.8) is 0 Å². The molecule has 1 N–H and O–H groups in total. The molecule has 2 atom stereocenters. The van der Waals surface area contributed by atoms with Crippen molar-refractivity contribution in [1.29, 1.82) is 0 Å². The van der Waals surface area contributed by atoms with Crippen molar-refractivity contribution in [3.05, 3.63) is 35.9 Å². The maximum atomic E-state index is 11.9. The van der Waals surface area contributed by atoms with E-state index in [2.05, 4.69) is 31.3 Å². The first-order valence-corrected chi connectivity index (χ1v) is 8.80. The number of rotatable bonds is 9. The molecule has 0 bridgehead atoms. The smallest absolute Gasteiger partial charge is 0.185 e. The summed E-state index contributed by atoms with van der Waals surface area (Å²) in [7, 11) is 0. The van der Waals surface area contributed by atoms with Crippen LogP contribution in [0.15, 0.2) is 30.3 Å². The Labute approximate surface area is 138 Å². The molecule has 0 unspecified atom stereocenters. The van der Waals surface area contributed by atoms with Crippen molar-refractivity contribution >= 4 is 22.7 Å². The van der Waals surface area contributed by atoms with Crippen molar-refractivity contribution in [2.24, 2.45) is 5.92 Å². The van der Waals surface area contributed by atoms with Gasteiger partial charge in [0.25, 0.3) is 0 Å². The van der Waals surface area contributed by atoms with Gasteiger partial charge >= 0.3 is 0 Å². The Morgan fingerprint density at radius 2 is 1.77 bits per heavy atom. The van der Waals surface area contributed by atoms with Gasteiger partial charge in [0.05, 0.1) is 6.04 Å². The van der Waals surface area contributed by atoms with Gasteiger partial charge in [-0.3, -0.25) is 9.59 Å². The molecule has 0 aromatic heterocycles. The van der Waals surface area contributed by atoms with Crippen LogP contribution in [0, 0.1) is 5.92 Å². The van der Waals surface area contributed by atoms with Gasteiger partial charge < -0.3 is 5.32 Å². The molecular formula is C18H27NO2S. The number of benzene rings is 1. The molecule has 0 aliphatic carbocycles. The van der Waals surface area contributed by atoms with Gasteiger partial charge in [0.2, 0.25) is 0 Å². The van der Waals surface area contributed by atoms with Crippen LogP contribution in [-0.2, 0) is 16.0 Å². The van der Waals surface area contributed by atoms with E-state index < -0.39 is 0 Å². The normalized spacial score (nSPS) is 13.9. The van der Waals surface area contributed by atoms with Crippen LogP contribution < -0.4 is 5.32 Å². The van der Waals surface area contributed by atoms with E-state index in [0.717, 1.165) is 12.8 Å². The topological polar surface area (TPSA) is 46.2 Å². The highest BCUT2D eigenvalue weighted by atomic mass is 32.2. The SMILES string of the molecule is CC(=O)SC[C@@H](Cc1ccccc1)N[C@@H](CC(C)C)C(C)=O. The number of carbonyl (C=O) groups is 2. The van der Waals surface area contributed by atoms with Gasteiger partial charge in [0, 0.05) is 18.7 Å². The quantitative estimate of drug-likeness (QED) is 0.756. The van der Waals surface area contributed by atoms with Crippen molar-refractivity contribution in [2.75, 3.05) is 5.75 Å². The molecule has 0 heterocycles. The molecule has 1 rings (SSSR count). The van der Waals surface area contributed by atoms with Crippen LogP contribution in [0.5, 0.6) is 0 Å². The van der Waals surface area contributed by atoms with Gasteiger partial charge in [-0.05, 0) is 31.2 Å². The fraction of sp³-hybridized carbons (Fsp3) is 0.556. The average Bonchev–Trinajstić information content (AvgIpc) is 2.44. The van der Waals surface area contributed by atoms with E-state index in [9.17, 15) is 9.59 Å². The predicted octanol–water partition coefficient (Wildman–Crippen LogP) is 3.47. The summed E-state index contributed by atoms with van der Waals surface area (Å²) in [4.78, 5) is 23.1. The zero-order valence-corrected chi connectivity index (χ0v) is 14.8. The Balaban J connectivity index is 2.74. The van der Waals surface area contributed by atoms with E-state index in [1.54, 1.807) is 13.8 Å². The average molecular weight is 321 g/mol. The Hall–Kier alpha value is -1.13.